The van der Waals surface area contributed by atoms with Crippen molar-refractivity contribution in [2.75, 3.05) is 11.6 Å². The second-order valence-electron chi connectivity index (χ2n) is 6.34. The van der Waals surface area contributed by atoms with Crippen LogP contribution in [-0.4, -0.2) is 42.8 Å². The Balaban J connectivity index is 1.79. The molecule has 0 aromatic heterocycles. The lowest BCUT2D eigenvalue weighted by Gasteiger charge is -2.24. The third-order valence-corrected chi connectivity index (χ3v) is 5.86. The Morgan fingerprint density at radius 2 is 1.62 bits per heavy atom. The van der Waals surface area contributed by atoms with Crippen molar-refractivity contribution in [3.8, 4) is 0 Å². The van der Waals surface area contributed by atoms with E-state index < -0.39 is 33.6 Å². The van der Waals surface area contributed by atoms with E-state index in [1.807, 2.05) is 37.3 Å². The Bertz CT molecular complexity index is 898. The Hall–Kier alpha value is -2.67. The smallest absolute Gasteiger partial charge is 0.255 e. The van der Waals surface area contributed by atoms with Crippen LogP contribution in [0.5, 0.6) is 0 Å². The molecule has 7 heteroatoms. The van der Waals surface area contributed by atoms with Crippen molar-refractivity contribution >= 4 is 21.7 Å². The van der Waals surface area contributed by atoms with Gasteiger partial charge in [0.15, 0.2) is 9.84 Å². The average molecular weight is 372 g/mol. The lowest BCUT2D eigenvalue weighted by atomic mass is 10.1. The molecule has 1 aliphatic rings. The van der Waals surface area contributed by atoms with Gasteiger partial charge in [0, 0.05) is 5.56 Å². The molecule has 1 heterocycles. The van der Waals surface area contributed by atoms with Crippen molar-refractivity contribution < 1.29 is 18.0 Å². The monoisotopic (exact) mass is 372 g/mol. The maximum atomic E-state index is 12.7. The standard InChI is InChI=1S/C19H20N2O4S/c1-14(15-8-4-2-5-9-15)20-18(22)17-12-26(24,25)13-21(17)19(23)16-10-6-3-7-11-16/h2-11,14,17H,12-13H2,1H3,(H,20,22)/t14?,17-/m0/s1. The number of carbonyl (C=O) groups excluding carboxylic acids is 2. The highest BCUT2D eigenvalue weighted by Gasteiger charge is 2.43. The normalized spacial score (nSPS) is 19.7. The van der Waals surface area contributed by atoms with Crippen LogP contribution in [0.25, 0.3) is 0 Å². The van der Waals surface area contributed by atoms with Gasteiger partial charge in [0.25, 0.3) is 5.91 Å². The zero-order valence-electron chi connectivity index (χ0n) is 14.3. The lowest BCUT2D eigenvalue weighted by molar-refractivity contribution is -0.125. The Kier molecular flexibility index (Phi) is 5.08. The van der Waals surface area contributed by atoms with Crippen molar-refractivity contribution in [3.05, 3.63) is 71.8 Å². The summed E-state index contributed by atoms with van der Waals surface area (Å²) in [6, 6.07) is 16.4. The van der Waals surface area contributed by atoms with Crippen molar-refractivity contribution in [1.82, 2.24) is 10.2 Å². The van der Waals surface area contributed by atoms with Crippen molar-refractivity contribution in [1.29, 1.82) is 0 Å². The summed E-state index contributed by atoms with van der Waals surface area (Å²) in [7, 11) is -3.50. The number of amides is 2. The summed E-state index contributed by atoms with van der Waals surface area (Å²) in [4.78, 5) is 26.5. The highest BCUT2D eigenvalue weighted by Crippen LogP contribution is 2.21. The van der Waals surface area contributed by atoms with Crippen LogP contribution in [0.2, 0.25) is 0 Å². The van der Waals surface area contributed by atoms with E-state index in [-0.39, 0.29) is 11.8 Å². The lowest BCUT2D eigenvalue weighted by Crippen LogP contribution is -2.47. The summed E-state index contributed by atoms with van der Waals surface area (Å²) in [5.74, 6) is -1.73. The first kappa shape index (κ1) is 18.1. The molecule has 0 aliphatic carbocycles. The van der Waals surface area contributed by atoms with E-state index in [4.69, 9.17) is 0 Å². The minimum Gasteiger partial charge on any atom is -0.348 e. The van der Waals surface area contributed by atoms with E-state index in [9.17, 15) is 18.0 Å². The molecular weight excluding hydrogens is 352 g/mol. The van der Waals surface area contributed by atoms with Gasteiger partial charge in [-0.2, -0.15) is 0 Å². The highest BCUT2D eigenvalue weighted by molar-refractivity contribution is 7.91. The molecule has 0 saturated carbocycles. The fourth-order valence-electron chi connectivity index (χ4n) is 2.98. The molecule has 1 saturated heterocycles. The molecule has 2 atom stereocenters. The first-order valence-electron chi connectivity index (χ1n) is 8.29. The number of benzene rings is 2. The first-order chi connectivity index (χ1) is 12.4. The quantitative estimate of drug-likeness (QED) is 0.886. The second kappa shape index (κ2) is 7.29. The van der Waals surface area contributed by atoms with Gasteiger partial charge in [0.1, 0.15) is 11.9 Å². The topological polar surface area (TPSA) is 83.6 Å². The largest absolute Gasteiger partial charge is 0.348 e. The molecule has 0 spiro atoms. The first-order valence-corrected chi connectivity index (χ1v) is 10.1. The maximum Gasteiger partial charge on any atom is 0.255 e. The SMILES string of the molecule is CC(NC(=O)[C@@H]1CS(=O)(=O)CN1C(=O)c1ccccc1)c1ccccc1. The Morgan fingerprint density at radius 1 is 1.04 bits per heavy atom. The third-order valence-electron chi connectivity index (χ3n) is 4.37. The molecule has 0 bridgehead atoms. The molecule has 2 aromatic rings. The van der Waals surface area contributed by atoms with E-state index in [1.165, 1.54) is 0 Å². The predicted molar refractivity (Wildman–Crippen MR) is 98.1 cm³/mol. The van der Waals surface area contributed by atoms with Gasteiger partial charge in [-0.25, -0.2) is 8.42 Å². The van der Waals surface area contributed by atoms with Gasteiger partial charge in [0.2, 0.25) is 5.91 Å². The van der Waals surface area contributed by atoms with Crippen LogP contribution < -0.4 is 5.32 Å². The van der Waals surface area contributed by atoms with Crippen LogP contribution in [0, 0.1) is 0 Å². The molecule has 26 heavy (non-hydrogen) atoms. The minimum atomic E-state index is -3.50. The van der Waals surface area contributed by atoms with E-state index in [0.29, 0.717) is 5.56 Å². The van der Waals surface area contributed by atoms with Crippen molar-refractivity contribution in [2.45, 2.75) is 19.0 Å². The summed E-state index contributed by atoms with van der Waals surface area (Å²) in [6.07, 6.45) is 0. The summed E-state index contributed by atoms with van der Waals surface area (Å²) >= 11 is 0. The number of carbonyl (C=O) groups is 2. The molecule has 6 nitrogen and oxygen atoms in total. The summed E-state index contributed by atoms with van der Waals surface area (Å²) in [6.45, 7) is 1.82. The average Bonchev–Trinajstić information content (AvgIpc) is 2.98. The van der Waals surface area contributed by atoms with Crippen LogP contribution in [0.3, 0.4) is 0 Å². The Morgan fingerprint density at radius 3 is 2.23 bits per heavy atom. The zero-order chi connectivity index (χ0) is 18.7. The van der Waals surface area contributed by atoms with E-state index >= 15 is 0 Å². The maximum absolute atomic E-state index is 12.7. The summed E-state index contributed by atoms with van der Waals surface area (Å²) in [5.41, 5.74) is 1.26. The van der Waals surface area contributed by atoms with E-state index in [0.717, 1.165) is 10.5 Å². The van der Waals surface area contributed by atoms with Gasteiger partial charge in [0.05, 0.1) is 11.8 Å². The molecule has 136 valence electrons. The molecule has 1 N–H and O–H groups in total. The number of nitrogens with one attached hydrogen (secondary N) is 1. The number of hydrogen-bond acceptors (Lipinski definition) is 4. The van der Waals surface area contributed by atoms with Gasteiger partial charge in [-0.15, -0.1) is 0 Å². The number of sulfone groups is 1. The molecule has 0 radical (unpaired) electrons. The minimum absolute atomic E-state index is 0.291. The van der Waals surface area contributed by atoms with Crippen LogP contribution in [0.4, 0.5) is 0 Å². The molecule has 1 unspecified atom stereocenters. The number of nitrogens with zero attached hydrogens (tertiary/aromatic N) is 1. The zero-order valence-corrected chi connectivity index (χ0v) is 15.1. The van der Waals surface area contributed by atoms with Crippen LogP contribution in [-0.2, 0) is 14.6 Å². The fraction of sp³-hybridized carbons (Fsp3) is 0.263. The molecule has 2 aromatic carbocycles. The second-order valence-corrected chi connectivity index (χ2v) is 8.42. The molecule has 2 amide bonds. The summed E-state index contributed by atoms with van der Waals surface area (Å²) < 4.78 is 24.1. The highest BCUT2D eigenvalue weighted by atomic mass is 32.2. The van der Waals surface area contributed by atoms with Crippen molar-refractivity contribution in [3.63, 3.8) is 0 Å². The van der Waals surface area contributed by atoms with Gasteiger partial charge in [-0.3, -0.25) is 9.59 Å². The van der Waals surface area contributed by atoms with E-state index in [1.54, 1.807) is 30.3 Å². The van der Waals surface area contributed by atoms with Crippen molar-refractivity contribution in [2.24, 2.45) is 0 Å². The fourth-order valence-corrected chi connectivity index (χ4v) is 4.62. The van der Waals surface area contributed by atoms with Crippen LogP contribution in [0.1, 0.15) is 28.9 Å². The Labute approximate surface area is 152 Å². The van der Waals surface area contributed by atoms with Gasteiger partial charge < -0.3 is 10.2 Å². The molecule has 1 fully saturated rings. The molecular formula is C19H20N2O4S. The number of hydrogen-bond donors (Lipinski definition) is 1. The van der Waals surface area contributed by atoms with Gasteiger partial charge in [-0.05, 0) is 24.6 Å². The third kappa shape index (κ3) is 3.94. The predicted octanol–water partition coefficient (Wildman–Crippen LogP) is 1.76. The van der Waals surface area contributed by atoms with Gasteiger partial charge >= 0.3 is 0 Å². The summed E-state index contributed by atoms with van der Waals surface area (Å²) in [5, 5.41) is 2.81. The number of rotatable bonds is 4. The van der Waals surface area contributed by atoms with Crippen LogP contribution >= 0.6 is 0 Å². The van der Waals surface area contributed by atoms with Crippen LogP contribution in [0.15, 0.2) is 60.7 Å². The van der Waals surface area contributed by atoms with Gasteiger partial charge in [-0.1, -0.05) is 48.5 Å². The molecule has 1 aliphatic heterocycles. The van der Waals surface area contributed by atoms with E-state index in [2.05, 4.69) is 5.32 Å². The molecule has 3 rings (SSSR count).